The Labute approximate surface area is 116 Å². The molecule has 2 aromatic rings. The highest BCUT2D eigenvalue weighted by Gasteiger charge is 2.09. The molecule has 1 aromatic heterocycles. The van der Waals surface area contributed by atoms with Crippen LogP contribution in [0.5, 0.6) is 0 Å². The number of nitrogen functional groups attached to an aromatic ring is 1. The van der Waals surface area contributed by atoms with E-state index < -0.39 is 0 Å². The lowest BCUT2D eigenvalue weighted by Gasteiger charge is -2.15. The summed E-state index contributed by atoms with van der Waals surface area (Å²) in [5, 5.41) is 8.10. The summed E-state index contributed by atoms with van der Waals surface area (Å²) in [6.45, 7) is 3.77. The summed E-state index contributed by atoms with van der Waals surface area (Å²) in [7, 11) is 0. The number of nitrogens with one attached hydrogen (secondary N) is 1. The molecular formula is C14H14ClN3O. The van der Waals surface area contributed by atoms with E-state index in [0.717, 1.165) is 16.9 Å². The molecule has 0 unspecified atom stereocenters. The lowest BCUT2D eigenvalue weighted by Crippen LogP contribution is -2.24. The van der Waals surface area contributed by atoms with Gasteiger partial charge in [0.25, 0.3) is 0 Å². The number of rotatable bonds is 2. The molecule has 98 valence electrons. The number of amidine groups is 1. The van der Waals surface area contributed by atoms with E-state index in [2.05, 4.69) is 0 Å². The molecule has 0 radical (unpaired) electrons. The van der Waals surface area contributed by atoms with Gasteiger partial charge in [0.15, 0.2) is 5.43 Å². The fourth-order valence-electron chi connectivity index (χ4n) is 1.98. The van der Waals surface area contributed by atoms with E-state index in [4.69, 9.17) is 22.7 Å². The molecule has 0 amide bonds. The molecule has 0 aliphatic carbocycles. The Morgan fingerprint density at radius 3 is 2.58 bits per heavy atom. The van der Waals surface area contributed by atoms with Crippen LogP contribution in [-0.2, 0) is 0 Å². The molecule has 0 aliphatic heterocycles. The molecular weight excluding hydrogens is 262 g/mol. The van der Waals surface area contributed by atoms with E-state index in [1.165, 1.54) is 6.07 Å². The number of hydrogen-bond acceptors (Lipinski definition) is 2. The highest BCUT2D eigenvalue weighted by Crippen LogP contribution is 2.20. The van der Waals surface area contributed by atoms with E-state index in [-0.39, 0.29) is 16.8 Å². The van der Waals surface area contributed by atoms with Gasteiger partial charge in [-0.3, -0.25) is 10.2 Å². The van der Waals surface area contributed by atoms with Gasteiger partial charge >= 0.3 is 0 Å². The van der Waals surface area contributed by atoms with Crippen LogP contribution in [0.4, 0.5) is 0 Å². The maximum atomic E-state index is 11.7. The molecule has 3 N–H and O–H groups in total. The lowest BCUT2D eigenvalue weighted by molar-refractivity contribution is 0.958. The first-order valence-electron chi connectivity index (χ1n) is 5.74. The summed E-state index contributed by atoms with van der Waals surface area (Å²) in [5.41, 5.74) is 8.04. The number of halogens is 1. The van der Waals surface area contributed by atoms with Gasteiger partial charge in [-0.2, -0.15) is 0 Å². The molecule has 19 heavy (non-hydrogen) atoms. The Bertz CT molecular complexity index is 719. The minimum absolute atomic E-state index is 0.194. The summed E-state index contributed by atoms with van der Waals surface area (Å²) in [5.74, 6) is -0.231. The molecule has 1 heterocycles. The second-order valence-electron chi connectivity index (χ2n) is 4.41. The maximum Gasteiger partial charge on any atom is 0.192 e. The van der Waals surface area contributed by atoms with Crippen molar-refractivity contribution in [2.45, 2.75) is 13.8 Å². The van der Waals surface area contributed by atoms with Crippen LogP contribution in [-0.4, -0.2) is 10.4 Å². The molecule has 0 fully saturated rings. The molecule has 0 bridgehead atoms. The minimum Gasteiger partial charge on any atom is -0.384 e. The van der Waals surface area contributed by atoms with E-state index in [0.29, 0.717) is 5.02 Å². The van der Waals surface area contributed by atoms with Crippen LogP contribution in [0.25, 0.3) is 5.69 Å². The van der Waals surface area contributed by atoms with Crippen molar-refractivity contribution in [1.82, 2.24) is 4.57 Å². The van der Waals surface area contributed by atoms with Crippen LogP contribution in [0.3, 0.4) is 0 Å². The zero-order chi connectivity index (χ0) is 14.2. The fourth-order valence-corrected chi connectivity index (χ4v) is 2.21. The van der Waals surface area contributed by atoms with Crippen molar-refractivity contribution in [3.05, 3.63) is 62.5 Å². The summed E-state index contributed by atoms with van der Waals surface area (Å²) in [6.07, 6.45) is 1.59. The summed E-state index contributed by atoms with van der Waals surface area (Å²) in [4.78, 5) is 11.7. The molecule has 0 atom stereocenters. The largest absolute Gasteiger partial charge is 0.384 e. The second-order valence-corrected chi connectivity index (χ2v) is 4.84. The Morgan fingerprint density at radius 1 is 1.32 bits per heavy atom. The third-order valence-corrected chi connectivity index (χ3v) is 3.19. The third-order valence-electron chi connectivity index (χ3n) is 2.95. The number of nitrogens with two attached hydrogens (primary N) is 1. The monoisotopic (exact) mass is 275 g/mol. The number of hydrogen-bond donors (Lipinski definition) is 2. The van der Waals surface area contributed by atoms with Crippen molar-refractivity contribution in [2.75, 3.05) is 0 Å². The van der Waals surface area contributed by atoms with Gasteiger partial charge < -0.3 is 10.3 Å². The standard InChI is InChI=1S/C14H14ClN3O/c1-8-5-10(15)3-4-12(8)18-7-11(14(16)17)13(19)6-9(18)2/h3-7H,1-2H3,(H3,16,17). The van der Waals surface area contributed by atoms with Crippen molar-refractivity contribution in [1.29, 1.82) is 5.41 Å². The molecule has 0 spiro atoms. The van der Waals surface area contributed by atoms with Gasteiger partial charge in [0, 0.05) is 28.7 Å². The van der Waals surface area contributed by atoms with Gasteiger partial charge in [0.1, 0.15) is 5.84 Å². The third kappa shape index (κ3) is 2.53. The first-order chi connectivity index (χ1) is 8.90. The molecule has 0 aliphatic rings. The molecule has 4 nitrogen and oxygen atoms in total. The average Bonchev–Trinajstić information content (AvgIpc) is 2.30. The smallest absolute Gasteiger partial charge is 0.192 e. The van der Waals surface area contributed by atoms with Gasteiger partial charge in [-0.05, 0) is 37.6 Å². The van der Waals surface area contributed by atoms with E-state index in [1.54, 1.807) is 12.3 Å². The van der Waals surface area contributed by atoms with E-state index in [9.17, 15) is 4.79 Å². The van der Waals surface area contributed by atoms with Crippen molar-refractivity contribution in [3.8, 4) is 5.69 Å². The highest BCUT2D eigenvalue weighted by atomic mass is 35.5. The Morgan fingerprint density at radius 2 is 2.00 bits per heavy atom. The molecule has 0 saturated heterocycles. The van der Waals surface area contributed by atoms with Gasteiger partial charge in [-0.15, -0.1) is 0 Å². The zero-order valence-electron chi connectivity index (χ0n) is 10.7. The molecule has 2 rings (SSSR count). The highest BCUT2D eigenvalue weighted by molar-refractivity contribution is 6.30. The predicted molar refractivity (Wildman–Crippen MR) is 77.5 cm³/mol. The number of aromatic nitrogens is 1. The fraction of sp³-hybridized carbons (Fsp3) is 0.143. The minimum atomic E-state index is -0.243. The molecule has 1 aromatic carbocycles. The topological polar surface area (TPSA) is 71.9 Å². The first kappa shape index (κ1) is 13.4. The second kappa shape index (κ2) is 4.90. The quantitative estimate of drug-likeness (QED) is 0.652. The van der Waals surface area contributed by atoms with Crippen LogP contribution >= 0.6 is 11.6 Å². The van der Waals surface area contributed by atoms with Gasteiger partial charge in [0.05, 0.1) is 5.56 Å². The van der Waals surface area contributed by atoms with Crippen LogP contribution in [0.1, 0.15) is 16.8 Å². The van der Waals surface area contributed by atoms with Gasteiger partial charge in [-0.1, -0.05) is 11.6 Å². The zero-order valence-corrected chi connectivity index (χ0v) is 11.5. The van der Waals surface area contributed by atoms with Crippen LogP contribution < -0.4 is 11.2 Å². The van der Waals surface area contributed by atoms with E-state index in [1.807, 2.05) is 30.5 Å². The molecule has 0 saturated carbocycles. The van der Waals surface area contributed by atoms with Crippen molar-refractivity contribution in [2.24, 2.45) is 5.73 Å². The van der Waals surface area contributed by atoms with Crippen molar-refractivity contribution < 1.29 is 0 Å². The normalized spacial score (nSPS) is 10.5. The maximum absolute atomic E-state index is 11.7. The van der Waals surface area contributed by atoms with E-state index >= 15 is 0 Å². The lowest BCUT2D eigenvalue weighted by atomic mass is 10.1. The Balaban J connectivity index is 2.71. The summed E-state index contributed by atoms with van der Waals surface area (Å²) >= 11 is 5.94. The van der Waals surface area contributed by atoms with Crippen molar-refractivity contribution >= 4 is 17.4 Å². The summed E-state index contributed by atoms with van der Waals surface area (Å²) < 4.78 is 1.84. The van der Waals surface area contributed by atoms with Gasteiger partial charge in [0.2, 0.25) is 0 Å². The number of nitrogens with zero attached hydrogens (tertiary/aromatic N) is 1. The first-order valence-corrected chi connectivity index (χ1v) is 6.12. The van der Waals surface area contributed by atoms with Crippen LogP contribution in [0, 0.1) is 19.3 Å². The Kier molecular flexibility index (Phi) is 3.44. The Hall–Kier alpha value is -2.07. The van der Waals surface area contributed by atoms with Crippen LogP contribution in [0.15, 0.2) is 35.3 Å². The SMILES string of the molecule is Cc1cc(Cl)ccc1-n1cc(C(=N)N)c(=O)cc1C. The molecule has 5 heteroatoms. The number of aryl methyl sites for hydroxylation is 2. The summed E-state index contributed by atoms with van der Waals surface area (Å²) in [6, 6.07) is 6.99. The average molecular weight is 276 g/mol. The van der Waals surface area contributed by atoms with Crippen LogP contribution in [0.2, 0.25) is 5.02 Å². The number of pyridine rings is 1. The van der Waals surface area contributed by atoms with Crippen molar-refractivity contribution in [3.63, 3.8) is 0 Å². The number of benzene rings is 1. The predicted octanol–water partition coefficient (Wildman–Crippen LogP) is 2.39. The van der Waals surface area contributed by atoms with Gasteiger partial charge in [-0.25, -0.2) is 0 Å².